The third kappa shape index (κ3) is 4.35. The van der Waals surface area contributed by atoms with E-state index in [1.165, 1.54) is 11.8 Å². The zero-order valence-electron chi connectivity index (χ0n) is 12.4. The summed E-state index contributed by atoms with van der Waals surface area (Å²) in [5.41, 5.74) is 1.19. The fourth-order valence-corrected chi connectivity index (χ4v) is 1.67. The van der Waals surface area contributed by atoms with Gasteiger partial charge in [0.1, 0.15) is 0 Å². The molecule has 1 unspecified atom stereocenters. The number of nitrogens with zero attached hydrogens (tertiary/aromatic N) is 1. The number of anilines is 2. The first-order valence-corrected chi connectivity index (χ1v) is 6.64. The number of benzene rings is 1. The molecule has 5 nitrogen and oxygen atoms in total. The molecule has 0 saturated carbocycles. The van der Waals surface area contributed by atoms with Gasteiger partial charge in [-0.25, -0.2) is 0 Å². The van der Waals surface area contributed by atoms with Crippen LogP contribution in [-0.2, 0) is 9.59 Å². The molecule has 1 aromatic rings. The number of aliphatic hydroxyl groups excluding tert-OH is 1. The lowest BCUT2D eigenvalue weighted by atomic mass is 10.0. The van der Waals surface area contributed by atoms with Gasteiger partial charge < -0.3 is 15.3 Å². The maximum Gasteiger partial charge on any atom is 0.227 e. The summed E-state index contributed by atoms with van der Waals surface area (Å²) >= 11 is 0. The second-order valence-corrected chi connectivity index (χ2v) is 5.16. The smallest absolute Gasteiger partial charge is 0.227 e. The zero-order valence-corrected chi connectivity index (χ0v) is 12.4. The van der Waals surface area contributed by atoms with Crippen LogP contribution in [0.4, 0.5) is 11.4 Å². The van der Waals surface area contributed by atoms with Crippen molar-refractivity contribution in [2.24, 2.45) is 5.92 Å². The van der Waals surface area contributed by atoms with E-state index in [1.807, 2.05) is 13.8 Å². The Hall–Kier alpha value is -1.88. The SMILES string of the molecule is CC(=O)N(C)c1ccccc1NC(=O)CC(O)C(C)C. The number of hydrogen-bond donors (Lipinski definition) is 2. The summed E-state index contributed by atoms with van der Waals surface area (Å²) in [4.78, 5) is 24.8. The quantitative estimate of drug-likeness (QED) is 0.865. The molecule has 0 spiro atoms. The van der Waals surface area contributed by atoms with Crippen molar-refractivity contribution < 1.29 is 14.7 Å². The van der Waals surface area contributed by atoms with Crippen LogP contribution in [0.15, 0.2) is 24.3 Å². The Bertz CT molecular complexity index is 486. The fraction of sp³-hybridized carbons (Fsp3) is 0.467. The molecule has 1 rings (SSSR count). The van der Waals surface area contributed by atoms with Crippen LogP contribution < -0.4 is 10.2 Å². The highest BCUT2D eigenvalue weighted by molar-refractivity contribution is 5.99. The van der Waals surface area contributed by atoms with Gasteiger partial charge >= 0.3 is 0 Å². The Labute approximate surface area is 119 Å². The summed E-state index contributed by atoms with van der Waals surface area (Å²) in [6.45, 7) is 5.17. The van der Waals surface area contributed by atoms with Crippen LogP contribution >= 0.6 is 0 Å². The minimum atomic E-state index is -0.673. The first-order valence-electron chi connectivity index (χ1n) is 6.64. The van der Waals surface area contributed by atoms with E-state index in [4.69, 9.17) is 0 Å². The third-order valence-electron chi connectivity index (χ3n) is 3.18. The molecular weight excluding hydrogens is 256 g/mol. The lowest BCUT2D eigenvalue weighted by molar-refractivity contribution is -0.119. The van der Waals surface area contributed by atoms with Crippen molar-refractivity contribution in [3.05, 3.63) is 24.3 Å². The Morgan fingerprint density at radius 1 is 1.30 bits per heavy atom. The van der Waals surface area contributed by atoms with Crippen LogP contribution in [0.3, 0.4) is 0 Å². The van der Waals surface area contributed by atoms with Crippen molar-refractivity contribution in [3.8, 4) is 0 Å². The maximum absolute atomic E-state index is 11.9. The van der Waals surface area contributed by atoms with Crippen molar-refractivity contribution in [1.29, 1.82) is 0 Å². The Morgan fingerprint density at radius 3 is 2.45 bits per heavy atom. The van der Waals surface area contributed by atoms with E-state index in [0.717, 1.165) is 0 Å². The molecule has 1 aromatic carbocycles. The maximum atomic E-state index is 11.9. The highest BCUT2D eigenvalue weighted by Gasteiger charge is 2.16. The van der Waals surface area contributed by atoms with Crippen molar-refractivity contribution in [2.45, 2.75) is 33.3 Å². The number of nitrogens with one attached hydrogen (secondary N) is 1. The molecule has 0 radical (unpaired) electrons. The van der Waals surface area contributed by atoms with Crippen LogP contribution in [0.2, 0.25) is 0 Å². The minimum Gasteiger partial charge on any atom is -0.392 e. The van der Waals surface area contributed by atoms with Crippen LogP contribution in [-0.4, -0.2) is 30.1 Å². The molecular formula is C15H22N2O3. The molecule has 0 aliphatic carbocycles. The molecule has 0 heterocycles. The molecule has 0 aliphatic heterocycles. The number of carbonyl (C=O) groups excluding carboxylic acids is 2. The second-order valence-electron chi connectivity index (χ2n) is 5.16. The number of carbonyl (C=O) groups is 2. The van der Waals surface area contributed by atoms with E-state index >= 15 is 0 Å². The number of amides is 2. The van der Waals surface area contributed by atoms with Gasteiger partial charge in [-0.15, -0.1) is 0 Å². The molecule has 0 aliphatic rings. The van der Waals surface area contributed by atoms with Gasteiger partial charge in [-0.1, -0.05) is 26.0 Å². The normalized spacial score (nSPS) is 12.1. The largest absolute Gasteiger partial charge is 0.392 e. The topological polar surface area (TPSA) is 69.6 Å². The summed E-state index contributed by atoms with van der Waals surface area (Å²) in [5, 5.41) is 12.5. The highest BCUT2D eigenvalue weighted by Crippen LogP contribution is 2.25. The van der Waals surface area contributed by atoms with Gasteiger partial charge in [0.25, 0.3) is 0 Å². The predicted octanol–water partition coefficient (Wildman–Crippen LogP) is 2.01. The summed E-state index contributed by atoms with van der Waals surface area (Å²) in [7, 11) is 1.65. The first kappa shape index (κ1) is 16.2. The van der Waals surface area contributed by atoms with Gasteiger partial charge in [0.15, 0.2) is 0 Å². The zero-order chi connectivity index (χ0) is 15.3. The van der Waals surface area contributed by atoms with Crippen molar-refractivity contribution in [3.63, 3.8) is 0 Å². The van der Waals surface area contributed by atoms with Gasteiger partial charge in [-0.2, -0.15) is 0 Å². The summed E-state index contributed by atoms with van der Waals surface area (Å²) < 4.78 is 0. The van der Waals surface area contributed by atoms with Crippen molar-refractivity contribution in [1.82, 2.24) is 0 Å². The van der Waals surface area contributed by atoms with Crippen LogP contribution in [0.1, 0.15) is 27.2 Å². The molecule has 0 aromatic heterocycles. The molecule has 0 bridgehead atoms. The molecule has 110 valence electrons. The van der Waals surface area contributed by atoms with Gasteiger partial charge in [-0.05, 0) is 18.1 Å². The minimum absolute atomic E-state index is 0.0240. The molecule has 1 atom stereocenters. The van der Waals surface area contributed by atoms with E-state index in [0.29, 0.717) is 11.4 Å². The Balaban J connectivity index is 2.82. The average molecular weight is 278 g/mol. The molecule has 2 N–H and O–H groups in total. The van der Waals surface area contributed by atoms with Crippen LogP contribution in [0.25, 0.3) is 0 Å². The summed E-state index contributed by atoms with van der Waals surface area (Å²) in [5.74, 6) is -0.361. The second kappa shape index (κ2) is 7.05. The van der Waals surface area contributed by atoms with Crippen molar-refractivity contribution >= 4 is 23.2 Å². The third-order valence-corrected chi connectivity index (χ3v) is 3.18. The van der Waals surface area contributed by atoms with Crippen LogP contribution in [0.5, 0.6) is 0 Å². The van der Waals surface area contributed by atoms with E-state index in [-0.39, 0.29) is 24.2 Å². The van der Waals surface area contributed by atoms with E-state index in [1.54, 1.807) is 31.3 Å². The summed E-state index contributed by atoms with van der Waals surface area (Å²) in [6, 6.07) is 7.07. The number of rotatable bonds is 5. The molecule has 0 saturated heterocycles. The lowest BCUT2D eigenvalue weighted by Gasteiger charge is -2.20. The monoisotopic (exact) mass is 278 g/mol. The standard InChI is InChI=1S/C15H22N2O3/c1-10(2)14(19)9-15(20)16-12-7-5-6-8-13(12)17(4)11(3)18/h5-8,10,14,19H,9H2,1-4H3,(H,16,20). The molecule has 2 amide bonds. The number of para-hydroxylation sites is 2. The molecule has 0 fully saturated rings. The van der Waals surface area contributed by atoms with Gasteiger partial charge in [0.05, 0.1) is 23.9 Å². The van der Waals surface area contributed by atoms with Crippen LogP contribution in [0, 0.1) is 5.92 Å². The van der Waals surface area contributed by atoms with Gasteiger partial charge in [0, 0.05) is 14.0 Å². The Morgan fingerprint density at radius 2 is 1.90 bits per heavy atom. The number of hydrogen-bond acceptors (Lipinski definition) is 3. The predicted molar refractivity (Wildman–Crippen MR) is 79.6 cm³/mol. The fourth-order valence-electron chi connectivity index (χ4n) is 1.67. The Kier molecular flexibility index (Phi) is 5.70. The van der Waals surface area contributed by atoms with Gasteiger partial charge in [0.2, 0.25) is 11.8 Å². The van der Waals surface area contributed by atoms with Gasteiger partial charge in [-0.3, -0.25) is 9.59 Å². The molecule has 20 heavy (non-hydrogen) atoms. The van der Waals surface area contributed by atoms with E-state index in [2.05, 4.69) is 5.32 Å². The highest BCUT2D eigenvalue weighted by atomic mass is 16.3. The molecule has 5 heteroatoms. The lowest BCUT2D eigenvalue weighted by Crippen LogP contribution is -2.27. The van der Waals surface area contributed by atoms with Crippen molar-refractivity contribution in [2.75, 3.05) is 17.3 Å². The first-order chi connectivity index (χ1) is 9.32. The average Bonchev–Trinajstić information content (AvgIpc) is 2.38. The van der Waals surface area contributed by atoms with E-state index < -0.39 is 6.10 Å². The van der Waals surface area contributed by atoms with E-state index in [9.17, 15) is 14.7 Å². The summed E-state index contributed by atoms with van der Waals surface area (Å²) in [6.07, 6.45) is -0.636. The number of aliphatic hydroxyl groups is 1.